The third-order valence-electron chi connectivity index (χ3n) is 4.16. The van der Waals surface area contributed by atoms with Crippen LogP contribution in [0.25, 0.3) is 0 Å². The van der Waals surface area contributed by atoms with Crippen molar-refractivity contribution in [2.24, 2.45) is 5.92 Å². The molecule has 0 saturated carbocycles. The lowest BCUT2D eigenvalue weighted by Crippen LogP contribution is -2.42. The summed E-state index contributed by atoms with van der Waals surface area (Å²) in [5.74, 6) is 0.295. The Kier molecular flexibility index (Phi) is 3.34. The van der Waals surface area contributed by atoms with Gasteiger partial charge in [-0.2, -0.15) is 0 Å². The largest absolute Gasteiger partial charge is 0.361 e. The molecular weight excluding hydrogens is 214 g/mol. The van der Waals surface area contributed by atoms with Crippen molar-refractivity contribution in [3.05, 3.63) is 0 Å². The summed E-state index contributed by atoms with van der Waals surface area (Å²) in [4.78, 5) is 14.8. The van der Waals surface area contributed by atoms with Gasteiger partial charge in [-0.15, -0.1) is 0 Å². The average Bonchev–Trinajstić information content (AvgIpc) is 2.38. The number of piperidine rings is 1. The van der Waals surface area contributed by atoms with Crippen LogP contribution in [0.4, 0.5) is 0 Å². The fourth-order valence-corrected chi connectivity index (χ4v) is 3.22. The molecule has 2 saturated heterocycles. The quantitative estimate of drug-likeness (QED) is 0.740. The van der Waals surface area contributed by atoms with Crippen LogP contribution in [0.3, 0.4) is 0 Å². The van der Waals surface area contributed by atoms with Gasteiger partial charge in [-0.25, -0.2) is 0 Å². The number of Topliss-reactive ketones (excluding diaryl/α,β-unsaturated/α-hetero) is 1. The molecule has 0 amide bonds. The highest BCUT2D eigenvalue weighted by molar-refractivity contribution is 5.91. The van der Waals surface area contributed by atoms with Gasteiger partial charge in [0.1, 0.15) is 5.60 Å². The van der Waals surface area contributed by atoms with Gasteiger partial charge in [-0.3, -0.25) is 4.79 Å². The first-order valence-electron chi connectivity index (χ1n) is 6.80. The molecule has 0 aromatic heterocycles. The molecule has 0 aromatic rings. The summed E-state index contributed by atoms with van der Waals surface area (Å²) in [6, 6.07) is 0. The van der Waals surface area contributed by atoms with Crippen LogP contribution in [0, 0.1) is 5.92 Å². The van der Waals surface area contributed by atoms with E-state index in [1.54, 1.807) is 0 Å². The van der Waals surface area contributed by atoms with Crippen molar-refractivity contribution in [1.29, 1.82) is 0 Å². The van der Waals surface area contributed by atoms with E-state index in [2.05, 4.69) is 4.90 Å². The summed E-state index contributed by atoms with van der Waals surface area (Å²) in [6.45, 7) is 11.0. The molecule has 0 bridgehead atoms. The van der Waals surface area contributed by atoms with Gasteiger partial charge >= 0.3 is 0 Å². The number of nitrogens with zero attached hydrogens (tertiary/aromatic N) is 1. The van der Waals surface area contributed by atoms with Gasteiger partial charge in [0.25, 0.3) is 0 Å². The van der Waals surface area contributed by atoms with Crippen molar-refractivity contribution in [3.63, 3.8) is 0 Å². The van der Waals surface area contributed by atoms with Gasteiger partial charge in [0.2, 0.25) is 0 Å². The fourth-order valence-electron chi connectivity index (χ4n) is 3.22. The monoisotopic (exact) mass is 239 g/mol. The Labute approximate surface area is 105 Å². The van der Waals surface area contributed by atoms with E-state index in [1.165, 1.54) is 19.3 Å². The predicted octanol–water partition coefficient (Wildman–Crippen LogP) is 2.25. The average molecular weight is 239 g/mol. The lowest BCUT2D eigenvalue weighted by Gasteiger charge is -2.32. The second-order valence-corrected chi connectivity index (χ2v) is 6.49. The van der Waals surface area contributed by atoms with Crippen LogP contribution in [0.2, 0.25) is 0 Å². The van der Waals surface area contributed by atoms with Gasteiger partial charge in [0.15, 0.2) is 5.78 Å². The van der Waals surface area contributed by atoms with Crippen LogP contribution < -0.4 is 0 Å². The number of ketones is 1. The number of hydrogen-bond donors (Lipinski definition) is 0. The maximum atomic E-state index is 12.4. The van der Waals surface area contributed by atoms with E-state index in [0.717, 1.165) is 19.6 Å². The molecule has 98 valence electrons. The highest BCUT2D eigenvalue weighted by atomic mass is 16.5. The number of likely N-dealkylation sites (tertiary alicyclic amines) is 1. The van der Waals surface area contributed by atoms with Gasteiger partial charge in [0.05, 0.1) is 11.5 Å². The third kappa shape index (κ3) is 2.55. The Morgan fingerprint density at radius 3 is 2.24 bits per heavy atom. The molecule has 2 heterocycles. The Morgan fingerprint density at radius 2 is 1.76 bits per heavy atom. The number of carbonyl (C=O) groups excluding carboxylic acids is 1. The van der Waals surface area contributed by atoms with E-state index < -0.39 is 5.60 Å². The van der Waals surface area contributed by atoms with E-state index in [-0.39, 0.29) is 17.3 Å². The molecule has 2 aliphatic heterocycles. The van der Waals surface area contributed by atoms with Crippen molar-refractivity contribution in [1.82, 2.24) is 4.90 Å². The summed E-state index contributed by atoms with van der Waals surface area (Å²) in [7, 11) is 0. The van der Waals surface area contributed by atoms with Crippen molar-refractivity contribution < 1.29 is 9.53 Å². The standard InChI is InChI=1S/C14H25NO2/c1-13(2)11(12(16)14(3,4)17-13)10-15-8-6-5-7-9-15/h11H,5-10H2,1-4H3. The maximum absolute atomic E-state index is 12.4. The lowest BCUT2D eigenvalue weighted by molar-refractivity contribution is -0.132. The maximum Gasteiger partial charge on any atom is 0.171 e. The lowest BCUT2D eigenvalue weighted by atomic mass is 9.85. The highest BCUT2D eigenvalue weighted by Gasteiger charge is 2.53. The first-order chi connectivity index (χ1) is 7.83. The minimum atomic E-state index is -0.607. The smallest absolute Gasteiger partial charge is 0.171 e. The molecule has 3 nitrogen and oxygen atoms in total. The molecule has 2 rings (SSSR count). The molecule has 1 unspecified atom stereocenters. The van der Waals surface area contributed by atoms with Gasteiger partial charge < -0.3 is 9.64 Å². The van der Waals surface area contributed by atoms with Gasteiger partial charge in [-0.05, 0) is 53.6 Å². The van der Waals surface area contributed by atoms with E-state index >= 15 is 0 Å². The van der Waals surface area contributed by atoms with Crippen LogP contribution >= 0.6 is 0 Å². The van der Waals surface area contributed by atoms with E-state index in [0.29, 0.717) is 0 Å². The Balaban J connectivity index is 2.06. The Bertz CT molecular complexity index is 303. The van der Waals surface area contributed by atoms with Gasteiger partial charge in [0, 0.05) is 6.54 Å². The van der Waals surface area contributed by atoms with Crippen LogP contribution in [0.5, 0.6) is 0 Å². The number of carbonyl (C=O) groups is 1. The molecular formula is C14H25NO2. The third-order valence-corrected chi connectivity index (χ3v) is 4.16. The summed E-state index contributed by atoms with van der Waals surface area (Å²) in [6.07, 6.45) is 3.87. The Hall–Kier alpha value is -0.410. The summed E-state index contributed by atoms with van der Waals surface area (Å²) >= 11 is 0. The van der Waals surface area contributed by atoms with E-state index in [1.807, 2.05) is 27.7 Å². The minimum absolute atomic E-state index is 0.0237. The first kappa shape index (κ1) is 13.0. The predicted molar refractivity (Wildman–Crippen MR) is 68.0 cm³/mol. The number of ether oxygens (including phenoxy) is 1. The summed E-state index contributed by atoms with van der Waals surface area (Å²) in [5.41, 5.74) is -0.929. The molecule has 2 aliphatic rings. The number of hydrogen-bond acceptors (Lipinski definition) is 3. The second-order valence-electron chi connectivity index (χ2n) is 6.49. The van der Waals surface area contributed by atoms with E-state index in [4.69, 9.17) is 4.74 Å². The molecule has 0 aliphatic carbocycles. The molecule has 0 N–H and O–H groups in total. The molecule has 1 atom stereocenters. The molecule has 2 fully saturated rings. The normalized spacial score (nSPS) is 32.9. The number of rotatable bonds is 2. The van der Waals surface area contributed by atoms with Crippen LogP contribution in [0.15, 0.2) is 0 Å². The topological polar surface area (TPSA) is 29.5 Å². The zero-order valence-corrected chi connectivity index (χ0v) is 11.6. The minimum Gasteiger partial charge on any atom is -0.361 e. The zero-order chi connectivity index (χ0) is 12.7. The fraction of sp³-hybridized carbons (Fsp3) is 0.929. The van der Waals surface area contributed by atoms with E-state index in [9.17, 15) is 4.79 Å². The van der Waals surface area contributed by atoms with Crippen LogP contribution in [-0.2, 0) is 9.53 Å². The van der Waals surface area contributed by atoms with Gasteiger partial charge in [-0.1, -0.05) is 6.42 Å². The zero-order valence-electron chi connectivity index (χ0n) is 11.6. The molecule has 3 heteroatoms. The van der Waals surface area contributed by atoms with Crippen molar-refractivity contribution in [2.45, 2.75) is 58.2 Å². The van der Waals surface area contributed by atoms with Crippen molar-refractivity contribution in [3.8, 4) is 0 Å². The highest BCUT2D eigenvalue weighted by Crippen LogP contribution is 2.39. The molecule has 0 aromatic carbocycles. The van der Waals surface area contributed by atoms with Crippen molar-refractivity contribution in [2.75, 3.05) is 19.6 Å². The molecule has 0 spiro atoms. The SMILES string of the molecule is CC1(C)OC(C)(C)C(CN2CCCCC2)C1=O. The summed E-state index contributed by atoms with van der Waals surface area (Å²) in [5, 5.41) is 0. The Morgan fingerprint density at radius 1 is 1.18 bits per heavy atom. The summed E-state index contributed by atoms with van der Waals surface area (Å²) < 4.78 is 5.93. The molecule has 0 radical (unpaired) electrons. The van der Waals surface area contributed by atoms with Crippen LogP contribution in [-0.4, -0.2) is 41.5 Å². The second kappa shape index (κ2) is 4.36. The molecule has 17 heavy (non-hydrogen) atoms. The first-order valence-corrected chi connectivity index (χ1v) is 6.80. The van der Waals surface area contributed by atoms with Crippen molar-refractivity contribution >= 4 is 5.78 Å². The van der Waals surface area contributed by atoms with Crippen LogP contribution in [0.1, 0.15) is 47.0 Å².